The lowest BCUT2D eigenvalue weighted by Crippen LogP contribution is -2.14. The van der Waals surface area contributed by atoms with Gasteiger partial charge in [-0.1, -0.05) is 117 Å². The number of rotatable bonds is 3. The van der Waals surface area contributed by atoms with Gasteiger partial charge in [0.15, 0.2) is 17.5 Å². The van der Waals surface area contributed by atoms with Crippen LogP contribution in [-0.4, -0.2) is 15.0 Å². The molecule has 0 radical (unpaired) electrons. The Labute approximate surface area is 236 Å². The molecule has 0 N–H and O–H groups in total. The van der Waals surface area contributed by atoms with Crippen molar-refractivity contribution in [3.63, 3.8) is 0 Å². The second-order valence-corrected chi connectivity index (χ2v) is 12.0. The summed E-state index contributed by atoms with van der Waals surface area (Å²) in [5, 5.41) is 2.55. The molecule has 3 nitrogen and oxygen atoms in total. The highest BCUT2D eigenvalue weighted by Gasteiger charge is 2.37. The summed E-state index contributed by atoms with van der Waals surface area (Å²) in [4.78, 5) is 15.2. The number of fused-ring (bicyclic) bond motifs is 6. The van der Waals surface area contributed by atoms with Gasteiger partial charge in [-0.3, -0.25) is 0 Å². The van der Waals surface area contributed by atoms with Crippen molar-refractivity contribution < 1.29 is 0 Å². The first-order valence-corrected chi connectivity index (χ1v) is 14.4. The van der Waals surface area contributed by atoms with Crippen molar-refractivity contribution in [2.24, 2.45) is 0 Å². The molecule has 2 aromatic heterocycles. The molecule has 1 aliphatic carbocycles. The van der Waals surface area contributed by atoms with E-state index in [-0.39, 0.29) is 5.41 Å². The fraction of sp³-hybridized carbons (Fsp3) is 0.0833. The molecule has 0 amide bonds. The van der Waals surface area contributed by atoms with Gasteiger partial charge in [0.1, 0.15) is 0 Å². The highest BCUT2D eigenvalue weighted by atomic mass is 32.1. The molecule has 190 valence electrons. The number of hydrogen-bond acceptors (Lipinski definition) is 4. The van der Waals surface area contributed by atoms with E-state index in [9.17, 15) is 0 Å². The van der Waals surface area contributed by atoms with Gasteiger partial charge in [0.2, 0.25) is 0 Å². The van der Waals surface area contributed by atoms with Crippen molar-refractivity contribution in [3.05, 3.63) is 126 Å². The number of aromatic nitrogens is 3. The zero-order valence-corrected chi connectivity index (χ0v) is 23.0. The summed E-state index contributed by atoms with van der Waals surface area (Å²) >= 11 is 1.81. The Kier molecular flexibility index (Phi) is 5.04. The van der Waals surface area contributed by atoms with Gasteiger partial charge in [0.25, 0.3) is 0 Å². The highest BCUT2D eigenvalue weighted by molar-refractivity contribution is 7.25. The van der Waals surface area contributed by atoms with Gasteiger partial charge < -0.3 is 0 Å². The first-order chi connectivity index (χ1) is 19.6. The van der Waals surface area contributed by atoms with Crippen LogP contribution < -0.4 is 0 Å². The van der Waals surface area contributed by atoms with Crippen molar-refractivity contribution in [1.82, 2.24) is 15.0 Å². The van der Waals surface area contributed by atoms with Gasteiger partial charge in [-0.2, -0.15) is 0 Å². The van der Waals surface area contributed by atoms with Crippen LogP contribution in [0.2, 0.25) is 0 Å². The predicted molar refractivity (Wildman–Crippen MR) is 167 cm³/mol. The molecule has 4 heteroatoms. The standard InChI is InChI=1S/C36H25N3S/c1-36(2)28-16-8-6-14-26(28)32-27(15-10-17-29(32)36)35-38-33(22-11-4-3-5-12-22)37-34(39-35)23-19-20-25-24-13-7-9-18-30(24)40-31(25)21-23/h3-21H,1-2H3. The van der Waals surface area contributed by atoms with Gasteiger partial charge in [-0.25, -0.2) is 15.0 Å². The third-order valence-electron chi connectivity index (χ3n) is 8.15. The summed E-state index contributed by atoms with van der Waals surface area (Å²) in [7, 11) is 0. The number of thiophene rings is 1. The summed E-state index contributed by atoms with van der Waals surface area (Å²) in [6.07, 6.45) is 0. The Morgan fingerprint density at radius 2 is 1.15 bits per heavy atom. The third kappa shape index (κ3) is 3.46. The van der Waals surface area contributed by atoms with Crippen LogP contribution in [0.3, 0.4) is 0 Å². The minimum atomic E-state index is -0.0910. The predicted octanol–water partition coefficient (Wildman–Crippen LogP) is 9.55. The molecule has 0 spiro atoms. The normalized spacial score (nSPS) is 13.4. The molecule has 2 heterocycles. The second kappa shape index (κ2) is 8.67. The molecule has 0 bridgehead atoms. The molecule has 40 heavy (non-hydrogen) atoms. The first-order valence-electron chi connectivity index (χ1n) is 13.5. The molecule has 7 aromatic rings. The van der Waals surface area contributed by atoms with Crippen molar-refractivity contribution in [1.29, 1.82) is 0 Å². The molecule has 0 fully saturated rings. The minimum absolute atomic E-state index is 0.0910. The molecule has 0 aliphatic heterocycles. The van der Waals surface area contributed by atoms with Crippen LogP contribution in [-0.2, 0) is 5.41 Å². The van der Waals surface area contributed by atoms with E-state index in [0.29, 0.717) is 17.5 Å². The van der Waals surface area contributed by atoms with Crippen molar-refractivity contribution in [2.45, 2.75) is 19.3 Å². The van der Waals surface area contributed by atoms with Gasteiger partial charge in [-0.05, 0) is 34.4 Å². The average Bonchev–Trinajstić information content (AvgIpc) is 3.49. The molecule has 0 atom stereocenters. The molecule has 8 rings (SSSR count). The molecule has 0 saturated carbocycles. The minimum Gasteiger partial charge on any atom is -0.208 e. The Morgan fingerprint density at radius 3 is 2.02 bits per heavy atom. The largest absolute Gasteiger partial charge is 0.208 e. The maximum absolute atomic E-state index is 5.14. The Balaban J connectivity index is 1.37. The molecular weight excluding hydrogens is 506 g/mol. The third-order valence-corrected chi connectivity index (χ3v) is 9.29. The maximum Gasteiger partial charge on any atom is 0.164 e. The fourth-order valence-corrected chi connectivity index (χ4v) is 7.29. The van der Waals surface area contributed by atoms with E-state index in [4.69, 9.17) is 15.0 Å². The van der Waals surface area contributed by atoms with Crippen LogP contribution >= 0.6 is 11.3 Å². The summed E-state index contributed by atoms with van der Waals surface area (Å²) in [6.45, 7) is 4.60. The van der Waals surface area contributed by atoms with E-state index >= 15 is 0 Å². The van der Waals surface area contributed by atoms with Gasteiger partial charge in [-0.15, -0.1) is 11.3 Å². The maximum atomic E-state index is 5.14. The topological polar surface area (TPSA) is 38.7 Å². The molecule has 0 unspecified atom stereocenters. The lowest BCUT2D eigenvalue weighted by molar-refractivity contribution is 0.660. The Bertz CT molecular complexity index is 2090. The van der Waals surface area contributed by atoms with Crippen LogP contribution in [0, 0.1) is 0 Å². The van der Waals surface area contributed by atoms with E-state index in [0.717, 1.165) is 16.7 Å². The SMILES string of the molecule is CC1(C)c2ccccc2-c2c(-c3nc(-c4ccccc4)nc(-c4ccc5c(c4)sc4ccccc45)n3)cccc21. The van der Waals surface area contributed by atoms with E-state index in [1.54, 1.807) is 0 Å². The van der Waals surface area contributed by atoms with Gasteiger partial charge in [0, 0.05) is 42.3 Å². The lowest BCUT2D eigenvalue weighted by atomic mass is 9.82. The quantitative estimate of drug-likeness (QED) is 0.228. The van der Waals surface area contributed by atoms with Gasteiger partial charge in [0.05, 0.1) is 0 Å². The summed E-state index contributed by atoms with van der Waals surface area (Å²) < 4.78 is 2.52. The monoisotopic (exact) mass is 531 g/mol. The zero-order chi connectivity index (χ0) is 26.8. The van der Waals surface area contributed by atoms with E-state index in [1.165, 1.54) is 42.4 Å². The number of benzene rings is 5. The van der Waals surface area contributed by atoms with Crippen molar-refractivity contribution >= 4 is 31.5 Å². The number of hydrogen-bond donors (Lipinski definition) is 0. The zero-order valence-electron chi connectivity index (χ0n) is 22.2. The van der Waals surface area contributed by atoms with Crippen LogP contribution in [0.15, 0.2) is 115 Å². The summed E-state index contributed by atoms with van der Waals surface area (Å²) in [6, 6.07) is 40.6. The number of nitrogens with zero attached hydrogens (tertiary/aromatic N) is 3. The fourth-order valence-electron chi connectivity index (χ4n) is 6.15. The van der Waals surface area contributed by atoms with E-state index < -0.39 is 0 Å². The summed E-state index contributed by atoms with van der Waals surface area (Å²) in [5.74, 6) is 2.07. The van der Waals surface area contributed by atoms with Crippen molar-refractivity contribution in [2.75, 3.05) is 0 Å². The lowest BCUT2D eigenvalue weighted by Gasteiger charge is -2.21. The smallest absolute Gasteiger partial charge is 0.164 e. The van der Waals surface area contributed by atoms with Crippen LogP contribution in [0.5, 0.6) is 0 Å². The molecule has 0 saturated heterocycles. The molecule has 5 aromatic carbocycles. The van der Waals surface area contributed by atoms with Gasteiger partial charge >= 0.3 is 0 Å². The van der Waals surface area contributed by atoms with Crippen LogP contribution in [0.25, 0.3) is 65.5 Å². The van der Waals surface area contributed by atoms with Crippen LogP contribution in [0.4, 0.5) is 0 Å². The van der Waals surface area contributed by atoms with Crippen LogP contribution in [0.1, 0.15) is 25.0 Å². The average molecular weight is 532 g/mol. The van der Waals surface area contributed by atoms with E-state index in [2.05, 4.69) is 111 Å². The Hall–Kier alpha value is -4.67. The molecular formula is C36H25N3S. The summed E-state index contributed by atoms with van der Waals surface area (Å²) in [5.41, 5.74) is 8.04. The Morgan fingerprint density at radius 1 is 0.500 bits per heavy atom. The first kappa shape index (κ1) is 23.2. The van der Waals surface area contributed by atoms with Crippen molar-refractivity contribution in [3.8, 4) is 45.3 Å². The highest BCUT2D eigenvalue weighted by Crippen LogP contribution is 2.51. The second-order valence-electron chi connectivity index (χ2n) is 10.9. The van der Waals surface area contributed by atoms with E-state index in [1.807, 2.05) is 29.5 Å². The molecule has 1 aliphatic rings.